The van der Waals surface area contributed by atoms with E-state index < -0.39 is 0 Å². The number of para-hydroxylation sites is 1. The SMILES string of the molecule is C/C(=C\c1ccc(C(=O)Nc2ccccc2)cc1)c1ccc2c(c1)C(C)(C)CCO2. The second-order valence-corrected chi connectivity index (χ2v) is 8.46. The van der Waals surface area contributed by atoms with Crippen LogP contribution in [0.3, 0.4) is 0 Å². The summed E-state index contributed by atoms with van der Waals surface area (Å²) in [6, 6.07) is 23.6. The zero-order valence-electron chi connectivity index (χ0n) is 17.7. The number of fused-ring (bicyclic) bond motifs is 1. The summed E-state index contributed by atoms with van der Waals surface area (Å²) >= 11 is 0. The first-order valence-electron chi connectivity index (χ1n) is 10.3. The molecule has 0 spiro atoms. The minimum atomic E-state index is -0.106. The molecule has 3 nitrogen and oxygen atoms in total. The van der Waals surface area contributed by atoms with E-state index in [1.807, 2.05) is 54.6 Å². The van der Waals surface area contributed by atoms with Gasteiger partial charge in [0.1, 0.15) is 5.75 Å². The lowest BCUT2D eigenvalue weighted by Crippen LogP contribution is -2.26. The van der Waals surface area contributed by atoms with Crippen LogP contribution in [0, 0.1) is 0 Å². The second-order valence-electron chi connectivity index (χ2n) is 8.46. The van der Waals surface area contributed by atoms with Gasteiger partial charge in [0.25, 0.3) is 5.91 Å². The molecule has 0 saturated carbocycles. The number of hydrogen-bond acceptors (Lipinski definition) is 2. The van der Waals surface area contributed by atoms with Gasteiger partial charge in [-0.3, -0.25) is 4.79 Å². The van der Waals surface area contributed by atoms with Crippen molar-refractivity contribution >= 4 is 23.2 Å². The highest BCUT2D eigenvalue weighted by Crippen LogP contribution is 2.39. The first-order valence-corrected chi connectivity index (χ1v) is 10.3. The Balaban J connectivity index is 1.52. The number of carbonyl (C=O) groups is 1. The Morgan fingerprint density at radius 2 is 1.67 bits per heavy atom. The van der Waals surface area contributed by atoms with E-state index in [2.05, 4.69) is 50.4 Å². The van der Waals surface area contributed by atoms with Crippen molar-refractivity contribution in [2.24, 2.45) is 0 Å². The number of amides is 1. The van der Waals surface area contributed by atoms with Crippen molar-refractivity contribution in [3.8, 4) is 5.75 Å². The molecule has 30 heavy (non-hydrogen) atoms. The van der Waals surface area contributed by atoms with Crippen LogP contribution >= 0.6 is 0 Å². The number of hydrogen-bond donors (Lipinski definition) is 1. The molecule has 4 rings (SSSR count). The summed E-state index contributed by atoms with van der Waals surface area (Å²) in [5.41, 5.74) is 6.27. The molecule has 0 bridgehead atoms. The molecule has 3 heteroatoms. The zero-order chi connectivity index (χ0) is 21.1. The van der Waals surface area contributed by atoms with Crippen LogP contribution in [0.1, 0.15) is 54.2 Å². The molecule has 1 aliphatic rings. The molecule has 1 aliphatic heterocycles. The lowest BCUT2D eigenvalue weighted by atomic mass is 9.79. The van der Waals surface area contributed by atoms with E-state index >= 15 is 0 Å². The predicted molar refractivity (Wildman–Crippen MR) is 124 cm³/mol. The average Bonchev–Trinajstić information content (AvgIpc) is 2.74. The molecular weight excluding hydrogens is 370 g/mol. The third kappa shape index (κ3) is 4.30. The van der Waals surface area contributed by atoms with Crippen molar-refractivity contribution in [1.29, 1.82) is 0 Å². The third-order valence-corrected chi connectivity index (χ3v) is 5.74. The van der Waals surface area contributed by atoms with Crippen molar-refractivity contribution in [3.05, 3.63) is 95.1 Å². The molecule has 0 atom stereocenters. The number of ether oxygens (including phenoxy) is 1. The summed E-state index contributed by atoms with van der Waals surface area (Å²) in [7, 11) is 0. The summed E-state index contributed by atoms with van der Waals surface area (Å²) in [6.07, 6.45) is 3.18. The molecule has 0 aliphatic carbocycles. The lowest BCUT2D eigenvalue weighted by Gasteiger charge is -2.32. The van der Waals surface area contributed by atoms with Crippen molar-refractivity contribution in [2.75, 3.05) is 11.9 Å². The minimum absolute atomic E-state index is 0.106. The highest BCUT2D eigenvalue weighted by atomic mass is 16.5. The Morgan fingerprint density at radius 3 is 2.40 bits per heavy atom. The molecular formula is C27H27NO2. The van der Waals surface area contributed by atoms with Gasteiger partial charge < -0.3 is 10.1 Å². The topological polar surface area (TPSA) is 38.3 Å². The molecule has 1 N–H and O–H groups in total. The summed E-state index contributed by atoms with van der Waals surface area (Å²) in [5.74, 6) is 0.891. The summed E-state index contributed by atoms with van der Waals surface area (Å²) in [6.45, 7) is 7.44. The van der Waals surface area contributed by atoms with E-state index in [-0.39, 0.29) is 11.3 Å². The molecule has 0 saturated heterocycles. The summed E-state index contributed by atoms with van der Waals surface area (Å²) in [4.78, 5) is 12.4. The van der Waals surface area contributed by atoms with E-state index in [1.54, 1.807) is 0 Å². The molecule has 0 radical (unpaired) electrons. The Bertz CT molecular complexity index is 1080. The zero-order valence-corrected chi connectivity index (χ0v) is 17.7. The van der Waals surface area contributed by atoms with Gasteiger partial charge in [0, 0.05) is 16.8 Å². The number of allylic oxidation sites excluding steroid dienone is 1. The quantitative estimate of drug-likeness (QED) is 0.506. The number of benzene rings is 3. The summed E-state index contributed by atoms with van der Waals surface area (Å²) < 4.78 is 5.83. The molecule has 1 amide bonds. The van der Waals surface area contributed by atoms with Gasteiger partial charge in [0.15, 0.2) is 0 Å². The van der Waals surface area contributed by atoms with Gasteiger partial charge in [-0.1, -0.05) is 56.3 Å². The highest BCUT2D eigenvalue weighted by Gasteiger charge is 2.28. The molecule has 0 unspecified atom stereocenters. The second kappa shape index (κ2) is 8.19. The Morgan fingerprint density at radius 1 is 0.967 bits per heavy atom. The molecule has 1 heterocycles. The molecule has 3 aromatic carbocycles. The molecule has 3 aromatic rings. The maximum absolute atomic E-state index is 12.4. The van der Waals surface area contributed by atoms with Crippen molar-refractivity contribution in [2.45, 2.75) is 32.6 Å². The van der Waals surface area contributed by atoms with Crippen molar-refractivity contribution in [3.63, 3.8) is 0 Å². The van der Waals surface area contributed by atoms with Gasteiger partial charge in [0.2, 0.25) is 0 Å². The minimum Gasteiger partial charge on any atom is -0.493 e. The number of nitrogens with one attached hydrogen (secondary N) is 1. The maximum Gasteiger partial charge on any atom is 0.255 e. The fourth-order valence-electron chi connectivity index (χ4n) is 3.77. The van der Waals surface area contributed by atoms with Crippen LogP contribution in [-0.4, -0.2) is 12.5 Å². The van der Waals surface area contributed by atoms with Crippen LogP contribution in [0.25, 0.3) is 11.6 Å². The fraction of sp³-hybridized carbons (Fsp3) is 0.222. The van der Waals surface area contributed by atoms with E-state index in [0.717, 1.165) is 30.0 Å². The predicted octanol–water partition coefficient (Wildman–Crippen LogP) is 6.56. The van der Waals surface area contributed by atoms with Crippen LogP contribution in [-0.2, 0) is 5.41 Å². The van der Waals surface area contributed by atoms with Crippen molar-refractivity contribution in [1.82, 2.24) is 0 Å². The molecule has 0 aromatic heterocycles. The van der Waals surface area contributed by atoms with Crippen LogP contribution in [0.5, 0.6) is 5.75 Å². The van der Waals surface area contributed by atoms with Crippen LogP contribution < -0.4 is 10.1 Å². The summed E-state index contributed by atoms with van der Waals surface area (Å²) in [5, 5.41) is 2.91. The van der Waals surface area contributed by atoms with Gasteiger partial charge in [-0.2, -0.15) is 0 Å². The Labute approximate surface area is 178 Å². The third-order valence-electron chi connectivity index (χ3n) is 5.74. The number of carbonyl (C=O) groups excluding carboxylic acids is 1. The number of anilines is 1. The van der Waals surface area contributed by atoms with E-state index in [4.69, 9.17) is 4.74 Å². The first kappa shape index (κ1) is 20.0. The normalized spacial score (nSPS) is 15.1. The van der Waals surface area contributed by atoms with Gasteiger partial charge in [-0.15, -0.1) is 0 Å². The maximum atomic E-state index is 12.4. The largest absolute Gasteiger partial charge is 0.493 e. The van der Waals surface area contributed by atoms with E-state index in [0.29, 0.717) is 5.56 Å². The molecule has 152 valence electrons. The van der Waals surface area contributed by atoms with Crippen LogP contribution in [0.15, 0.2) is 72.8 Å². The fourth-order valence-corrected chi connectivity index (χ4v) is 3.77. The molecule has 0 fully saturated rings. The van der Waals surface area contributed by atoms with Crippen LogP contribution in [0.4, 0.5) is 5.69 Å². The Hall–Kier alpha value is -3.33. The average molecular weight is 398 g/mol. The first-order chi connectivity index (χ1) is 14.4. The van der Waals surface area contributed by atoms with Gasteiger partial charge in [-0.05, 0) is 71.9 Å². The number of rotatable bonds is 4. The van der Waals surface area contributed by atoms with Crippen LogP contribution in [0.2, 0.25) is 0 Å². The Kier molecular flexibility index (Phi) is 5.45. The smallest absolute Gasteiger partial charge is 0.255 e. The van der Waals surface area contributed by atoms with Gasteiger partial charge in [0.05, 0.1) is 6.61 Å². The lowest BCUT2D eigenvalue weighted by molar-refractivity contribution is 0.102. The van der Waals surface area contributed by atoms with E-state index in [1.165, 1.54) is 16.7 Å². The standard InChI is InChI=1S/C27H27NO2/c1-19(22-13-14-25-24(18-22)27(2,3)15-16-30-25)17-20-9-11-21(12-10-20)26(29)28-23-7-5-4-6-8-23/h4-14,17-18H,15-16H2,1-3H3,(H,28,29)/b19-17+. The monoisotopic (exact) mass is 397 g/mol. The van der Waals surface area contributed by atoms with E-state index in [9.17, 15) is 4.79 Å². The van der Waals surface area contributed by atoms with Gasteiger partial charge >= 0.3 is 0 Å². The van der Waals surface area contributed by atoms with Crippen molar-refractivity contribution < 1.29 is 9.53 Å². The van der Waals surface area contributed by atoms with Gasteiger partial charge in [-0.25, -0.2) is 0 Å². The highest BCUT2D eigenvalue weighted by molar-refractivity contribution is 6.04.